The third kappa shape index (κ3) is 4.87. The van der Waals surface area contributed by atoms with E-state index in [-0.39, 0.29) is 11.5 Å². The lowest BCUT2D eigenvalue weighted by atomic mass is 10.2. The van der Waals surface area contributed by atoms with E-state index in [4.69, 9.17) is 22.1 Å². The summed E-state index contributed by atoms with van der Waals surface area (Å²) in [6.07, 6.45) is -4.46. The van der Waals surface area contributed by atoms with Gasteiger partial charge in [-0.25, -0.2) is 9.98 Å². The van der Waals surface area contributed by atoms with Crippen LogP contribution in [-0.2, 0) is 6.18 Å². The molecule has 0 atom stereocenters. The Balaban J connectivity index is 2.28. The molecule has 2 rings (SSSR count). The molecule has 2 aromatic rings. The van der Waals surface area contributed by atoms with Crippen LogP contribution in [0.3, 0.4) is 0 Å². The molecule has 0 aliphatic rings. The molecule has 0 unspecified atom stereocenters. The fourth-order valence-electron chi connectivity index (χ4n) is 1.90. The third-order valence-corrected chi connectivity index (χ3v) is 3.31. The van der Waals surface area contributed by atoms with Gasteiger partial charge in [0.1, 0.15) is 11.6 Å². The van der Waals surface area contributed by atoms with Crippen LogP contribution in [0.4, 0.5) is 18.9 Å². The molecule has 0 bridgehead atoms. The van der Waals surface area contributed by atoms with E-state index in [9.17, 15) is 18.3 Å². The van der Waals surface area contributed by atoms with Crippen molar-refractivity contribution < 1.29 is 23.0 Å². The Morgan fingerprint density at radius 3 is 2.36 bits per heavy atom. The minimum absolute atomic E-state index is 0.0209. The summed E-state index contributed by atoms with van der Waals surface area (Å²) >= 11 is 5.87. The predicted octanol–water partition coefficient (Wildman–Crippen LogP) is 3.12. The summed E-state index contributed by atoms with van der Waals surface area (Å²) in [7, 11) is 1.41. The first-order valence-electron chi connectivity index (χ1n) is 6.81. The summed E-state index contributed by atoms with van der Waals surface area (Å²) in [4.78, 5) is 7.17. The summed E-state index contributed by atoms with van der Waals surface area (Å²) in [5.74, 6) is 0.174. The van der Waals surface area contributed by atoms with Gasteiger partial charge >= 0.3 is 6.18 Å². The van der Waals surface area contributed by atoms with Crippen molar-refractivity contribution in [1.82, 2.24) is 0 Å². The third-order valence-electron chi connectivity index (χ3n) is 3.07. The summed E-state index contributed by atoms with van der Waals surface area (Å²) in [5.41, 5.74) is 5.23. The van der Waals surface area contributed by atoms with Gasteiger partial charge in [-0.15, -0.1) is 0 Å². The number of amidine groups is 2. The van der Waals surface area contributed by atoms with Crippen LogP contribution in [0.15, 0.2) is 52.4 Å². The topological polar surface area (TPSA) is 83.0 Å². The minimum Gasteiger partial charge on any atom is -0.844 e. The SMILES string of the molecule is COc1ccc(Cl)cc1/C(N)=N/C([O-])=Nc1ccc(C(F)(F)F)cc1. The molecule has 0 heterocycles. The van der Waals surface area contributed by atoms with Crippen molar-refractivity contribution in [3.05, 3.63) is 58.6 Å². The van der Waals surface area contributed by atoms with Gasteiger partial charge in [-0.3, -0.25) is 0 Å². The Hall–Kier alpha value is -2.74. The van der Waals surface area contributed by atoms with Gasteiger partial charge < -0.3 is 15.6 Å². The largest absolute Gasteiger partial charge is 0.844 e. The highest BCUT2D eigenvalue weighted by Gasteiger charge is 2.29. The number of alkyl halides is 3. The van der Waals surface area contributed by atoms with Gasteiger partial charge in [-0.1, -0.05) is 11.6 Å². The minimum atomic E-state index is -4.46. The van der Waals surface area contributed by atoms with Crippen molar-refractivity contribution in [3.63, 3.8) is 0 Å². The number of methoxy groups -OCH3 is 1. The molecular weight excluding hydrogens is 359 g/mol. The average Bonchev–Trinajstić information content (AvgIpc) is 2.54. The van der Waals surface area contributed by atoms with Crippen LogP contribution in [0.5, 0.6) is 5.75 Å². The molecule has 5 nitrogen and oxygen atoms in total. The van der Waals surface area contributed by atoms with E-state index in [0.717, 1.165) is 24.3 Å². The standard InChI is InChI=1S/C16H13ClF3N3O2/c1-25-13-7-4-10(17)8-12(13)14(21)23-15(24)22-11-5-2-9(3-6-11)16(18,19)20/h2-8H,1H3,(H3,21,22,23,24)/p-1. The average molecular weight is 371 g/mol. The number of ether oxygens (including phenoxy) is 1. The van der Waals surface area contributed by atoms with Crippen LogP contribution in [0.2, 0.25) is 5.02 Å². The zero-order valence-corrected chi connectivity index (χ0v) is 13.6. The lowest BCUT2D eigenvalue weighted by Crippen LogP contribution is -2.22. The molecule has 0 aromatic heterocycles. The fourth-order valence-corrected chi connectivity index (χ4v) is 2.08. The first-order valence-corrected chi connectivity index (χ1v) is 7.19. The highest BCUT2D eigenvalue weighted by Crippen LogP contribution is 2.30. The van der Waals surface area contributed by atoms with Crippen LogP contribution in [0.25, 0.3) is 0 Å². The van der Waals surface area contributed by atoms with Gasteiger partial charge in [0.2, 0.25) is 0 Å². The van der Waals surface area contributed by atoms with E-state index in [2.05, 4.69) is 9.98 Å². The van der Waals surface area contributed by atoms with Gasteiger partial charge in [0.05, 0.1) is 29.9 Å². The molecule has 0 radical (unpaired) electrons. The molecule has 0 aliphatic carbocycles. The first kappa shape index (κ1) is 18.6. The highest BCUT2D eigenvalue weighted by molar-refractivity contribution is 6.31. The second-order valence-electron chi connectivity index (χ2n) is 4.78. The zero-order valence-electron chi connectivity index (χ0n) is 12.8. The highest BCUT2D eigenvalue weighted by atomic mass is 35.5. The van der Waals surface area contributed by atoms with Crippen molar-refractivity contribution >= 4 is 29.1 Å². The maximum atomic E-state index is 12.5. The lowest BCUT2D eigenvalue weighted by Gasteiger charge is -2.11. The van der Waals surface area contributed by atoms with Gasteiger partial charge in [0, 0.05) is 5.02 Å². The summed E-state index contributed by atoms with van der Waals surface area (Å²) in [5, 5.41) is 12.2. The Morgan fingerprint density at radius 1 is 1.16 bits per heavy atom. The molecule has 0 amide bonds. The second-order valence-corrected chi connectivity index (χ2v) is 5.22. The summed E-state index contributed by atoms with van der Waals surface area (Å²) in [6, 6.07) is 7.38. The van der Waals surface area contributed by atoms with Crippen molar-refractivity contribution in [2.45, 2.75) is 6.18 Å². The molecule has 2 N–H and O–H groups in total. The van der Waals surface area contributed by atoms with Crippen molar-refractivity contribution in [3.8, 4) is 5.75 Å². The van der Waals surface area contributed by atoms with Crippen molar-refractivity contribution in [2.24, 2.45) is 15.7 Å². The number of nitrogens with two attached hydrogens (primary N) is 1. The number of hydrogen-bond acceptors (Lipinski definition) is 3. The monoisotopic (exact) mass is 370 g/mol. The van der Waals surface area contributed by atoms with E-state index in [1.54, 1.807) is 12.1 Å². The number of halogens is 4. The smallest absolute Gasteiger partial charge is 0.416 e. The van der Waals surface area contributed by atoms with Crippen molar-refractivity contribution in [2.75, 3.05) is 7.11 Å². The summed E-state index contributed by atoms with van der Waals surface area (Å²) < 4.78 is 42.6. The molecule has 132 valence electrons. The molecule has 2 aromatic carbocycles. The van der Waals surface area contributed by atoms with Crippen LogP contribution in [0, 0.1) is 0 Å². The molecule has 0 fully saturated rings. The zero-order chi connectivity index (χ0) is 18.6. The molecule has 0 spiro atoms. The number of aliphatic imine (C=N–C) groups is 2. The van der Waals surface area contributed by atoms with Gasteiger partial charge in [0.25, 0.3) is 0 Å². The fraction of sp³-hybridized carbons (Fsp3) is 0.125. The van der Waals surface area contributed by atoms with Crippen LogP contribution >= 0.6 is 11.6 Å². The number of rotatable bonds is 3. The van der Waals surface area contributed by atoms with Crippen LogP contribution < -0.4 is 15.6 Å². The van der Waals surface area contributed by atoms with Crippen LogP contribution in [-0.4, -0.2) is 19.0 Å². The van der Waals surface area contributed by atoms with E-state index in [1.807, 2.05) is 0 Å². The van der Waals surface area contributed by atoms with E-state index in [1.165, 1.54) is 13.2 Å². The molecule has 0 saturated heterocycles. The lowest BCUT2D eigenvalue weighted by molar-refractivity contribution is -0.216. The Labute approximate surface area is 146 Å². The quantitative estimate of drug-likeness (QED) is 0.665. The predicted molar refractivity (Wildman–Crippen MR) is 87.3 cm³/mol. The first-order chi connectivity index (χ1) is 11.7. The van der Waals surface area contributed by atoms with Crippen molar-refractivity contribution in [1.29, 1.82) is 0 Å². The van der Waals surface area contributed by atoms with E-state index < -0.39 is 17.8 Å². The molecule has 0 aliphatic heterocycles. The number of hydrogen-bond donors (Lipinski definition) is 1. The second kappa shape index (κ2) is 7.43. The molecule has 25 heavy (non-hydrogen) atoms. The van der Waals surface area contributed by atoms with E-state index >= 15 is 0 Å². The van der Waals surface area contributed by atoms with Gasteiger partial charge in [-0.2, -0.15) is 13.2 Å². The number of nitrogens with zero attached hydrogens (tertiary/aromatic N) is 2. The van der Waals surface area contributed by atoms with Crippen LogP contribution in [0.1, 0.15) is 11.1 Å². The Morgan fingerprint density at radius 2 is 1.80 bits per heavy atom. The van der Waals surface area contributed by atoms with Gasteiger partial charge in [0.15, 0.2) is 0 Å². The van der Waals surface area contributed by atoms with E-state index in [0.29, 0.717) is 16.3 Å². The van der Waals surface area contributed by atoms with Gasteiger partial charge in [-0.05, 0) is 42.5 Å². The summed E-state index contributed by atoms with van der Waals surface area (Å²) in [6.45, 7) is 0. The molecule has 9 heteroatoms. The normalized spacial score (nSPS) is 13.0. The number of benzene rings is 2. The Kier molecular flexibility index (Phi) is 5.53. The Bertz CT molecular complexity index is 818. The maximum absolute atomic E-state index is 12.5. The maximum Gasteiger partial charge on any atom is 0.416 e. The molecular formula is C16H12ClF3N3O2-. The molecule has 0 saturated carbocycles.